The minimum Gasteiger partial charge on any atom is -0.382 e. The Morgan fingerprint density at radius 3 is 2.68 bits per heavy atom. The van der Waals surface area contributed by atoms with E-state index in [9.17, 15) is 4.79 Å². The molecule has 1 aromatic heterocycles. The number of rotatable bonds is 3. The Balaban J connectivity index is 2.04. The lowest BCUT2D eigenvalue weighted by molar-refractivity contribution is 0.0941. The molecule has 1 amide bonds. The Hall–Kier alpha value is -1.30. The van der Waals surface area contributed by atoms with Crippen molar-refractivity contribution < 1.29 is 4.79 Å². The van der Waals surface area contributed by atoms with E-state index in [2.05, 4.69) is 24.1 Å². The predicted molar refractivity (Wildman–Crippen MR) is 79.7 cm³/mol. The zero-order valence-corrected chi connectivity index (χ0v) is 12.8. The van der Waals surface area contributed by atoms with Crippen molar-refractivity contribution in [3.05, 3.63) is 4.88 Å². The fraction of sp³-hybridized carbons (Fsp3) is 0.692. The smallest absolute Gasteiger partial charge is 0.265 e. The predicted octanol–water partition coefficient (Wildman–Crippen LogP) is 2.10. The minimum atomic E-state index is -0.0919. The molecule has 1 unspecified atom stereocenters. The SMILES string of the molecule is CN(C)c1nc(N)c(C(=O)NC2CCC(C)(C)C2)s1. The van der Waals surface area contributed by atoms with E-state index in [1.807, 2.05) is 19.0 Å². The van der Waals surface area contributed by atoms with Gasteiger partial charge in [-0.1, -0.05) is 25.2 Å². The van der Waals surface area contributed by atoms with Gasteiger partial charge in [0.05, 0.1) is 0 Å². The highest BCUT2D eigenvalue weighted by atomic mass is 32.1. The number of nitrogens with two attached hydrogens (primary N) is 1. The molecular weight excluding hydrogens is 260 g/mol. The number of carbonyl (C=O) groups is 1. The number of carbonyl (C=O) groups excluding carboxylic acids is 1. The number of nitrogen functional groups attached to an aromatic ring is 1. The van der Waals surface area contributed by atoms with E-state index >= 15 is 0 Å². The molecular formula is C13H22N4OS. The topological polar surface area (TPSA) is 71.2 Å². The van der Waals surface area contributed by atoms with Gasteiger partial charge in [0.15, 0.2) is 5.13 Å². The van der Waals surface area contributed by atoms with Crippen LogP contribution in [0, 0.1) is 5.41 Å². The van der Waals surface area contributed by atoms with Crippen LogP contribution in [-0.2, 0) is 0 Å². The highest BCUT2D eigenvalue weighted by molar-refractivity contribution is 7.18. The van der Waals surface area contributed by atoms with Crippen LogP contribution in [0.15, 0.2) is 0 Å². The monoisotopic (exact) mass is 282 g/mol. The van der Waals surface area contributed by atoms with Gasteiger partial charge in [-0.2, -0.15) is 0 Å². The molecule has 19 heavy (non-hydrogen) atoms. The molecule has 0 radical (unpaired) electrons. The Bertz CT molecular complexity index is 481. The quantitative estimate of drug-likeness (QED) is 0.890. The number of amides is 1. The van der Waals surface area contributed by atoms with Crippen molar-refractivity contribution >= 4 is 28.2 Å². The van der Waals surface area contributed by atoms with Crippen LogP contribution in [0.4, 0.5) is 10.9 Å². The molecule has 1 atom stereocenters. The van der Waals surface area contributed by atoms with E-state index < -0.39 is 0 Å². The van der Waals surface area contributed by atoms with Gasteiger partial charge in [-0.15, -0.1) is 0 Å². The standard InChI is InChI=1S/C13H22N4OS/c1-13(2)6-5-8(7-13)15-11(18)9-10(14)16-12(19-9)17(3)4/h8H,5-7,14H2,1-4H3,(H,15,18). The van der Waals surface area contributed by atoms with Crippen molar-refractivity contribution in [3.8, 4) is 0 Å². The van der Waals surface area contributed by atoms with Crippen LogP contribution in [0.5, 0.6) is 0 Å². The maximum atomic E-state index is 12.2. The second-order valence-electron chi connectivity index (χ2n) is 6.18. The maximum absolute atomic E-state index is 12.2. The first-order valence-electron chi connectivity index (χ1n) is 6.53. The summed E-state index contributed by atoms with van der Waals surface area (Å²) >= 11 is 1.34. The van der Waals surface area contributed by atoms with Gasteiger partial charge in [0.1, 0.15) is 10.7 Å². The number of aromatic nitrogens is 1. The van der Waals surface area contributed by atoms with E-state index in [-0.39, 0.29) is 11.9 Å². The Kier molecular flexibility index (Phi) is 3.71. The summed E-state index contributed by atoms with van der Waals surface area (Å²) in [5, 5.41) is 3.84. The highest BCUT2D eigenvalue weighted by Gasteiger charge is 2.32. The second kappa shape index (κ2) is 5.00. The molecule has 1 heterocycles. The Labute approximate surface area is 118 Å². The lowest BCUT2D eigenvalue weighted by Crippen LogP contribution is -2.33. The molecule has 0 aromatic carbocycles. The molecule has 0 bridgehead atoms. The Morgan fingerprint density at radius 2 is 2.21 bits per heavy atom. The Morgan fingerprint density at radius 1 is 1.53 bits per heavy atom. The van der Waals surface area contributed by atoms with Crippen LogP contribution in [0.2, 0.25) is 0 Å². The van der Waals surface area contributed by atoms with Gasteiger partial charge in [0.2, 0.25) is 0 Å². The molecule has 2 rings (SSSR count). The van der Waals surface area contributed by atoms with Crippen LogP contribution in [0.25, 0.3) is 0 Å². The van der Waals surface area contributed by atoms with Crippen molar-refractivity contribution in [2.24, 2.45) is 5.41 Å². The zero-order valence-electron chi connectivity index (χ0n) is 12.0. The molecule has 5 nitrogen and oxygen atoms in total. The summed E-state index contributed by atoms with van der Waals surface area (Å²) < 4.78 is 0. The van der Waals surface area contributed by atoms with Gasteiger partial charge in [-0.05, 0) is 24.7 Å². The molecule has 0 spiro atoms. The number of nitrogens with one attached hydrogen (secondary N) is 1. The van der Waals surface area contributed by atoms with Gasteiger partial charge in [-0.3, -0.25) is 4.79 Å². The summed E-state index contributed by atoms with van der Waals surface area (Å²) in [6.07, 6.45) is 3.22. The molecule has 0 saturated heterocycles. The summed E-state index contributed by atoms with van der Waals surface area (Å²) in [4.78, 5) is 18.8. The van der Waals surface area contributed by atoms with E-state index in [1.165, 1.54) is 11.3 Å². The summed E-state index contributed by atoms with van der Waals surface area (Å²) in [5.41, 5.74) is 6.14. The molecule has 1 saturated carbocycles. The minimum absolute atomic E-state index is 0.0919. The third-order valence-electron chi connectivity index (χ3n) is 3.53. The van der Waals surface area contributed by atoms with Crippen molar-refractivity contribution in [1.29, 1.82) is 0 Å². The van der Waals surface area contributed by atoms with Crippen LogP contribution in [-0.4, -0.2) is 31.0 Å². The molecule has 3 N–H and O–H groups in total. The number of hydrogen-bond acceptors (Lipinski definition) is 5. The summed E-state index contributed by atoms with van der Waals surface area (Å²) in [6, 6.07) is 0.256. The number of anilines is 2. The van der Waals surface area contributed by atoms with Gasteiger partial charge in [0.25, 0.3) is 5.91 Å². The highest BCUT2D eigenvalue weighted by Crippen LogP contribution is 2.37. The number of thiazole rings is 1. The fourth-order valence-corrected chi connectivity index (χ4v) is 3.30. The molecule has 0 aliphatic heterocycles. The van der Waals surface area contributed by atoms with E-state index in [1.54, 1.807) is 0 Å². The van der Waals surface area contributed by atoms with Crippen molar-refractivity contribution in [2.45, 2.75) is 39.2 Å². The van der Waals surface area contributed by atoms with Gasteiger partial charge >= 0.3 is 0 Å². The molecule has 6 heteroatoms. The van der Waals surface area contributed by atoms with Crippen LogP contribution in [0.1, 0.15) is 42.8 Å². The summed E-state index contributed by atoms with van der Waals surface area (Å²) in [5.74, 6) is 0.231. The fourth-order valence-electron chi connectivity index (χ4n) is 2.48. The third kappa shape index (κ3) is 3.18. The lowest BCUT2D eigenvalue weighted by Gasteiger charge is -2.17. The summed E-state index contributed by atoms with van der Waals surface area (Å²) in [6.45, 7) is 4.48. The van der Waals surface area contributed by atoms with Crippen LogP contribution >= 0.6 is 11.3 Å². The maximum Gasteiger partial charge on any atom is 0.265 e. The second-order valence-corrected chi connectivity index (χ2v) is 7.16. The summed E-state index contributed by atoms with van der Waals surface area (Å²) in [7, 11) is 3.78. The first-order valence-corrected chi connectivity index (χ1v) is 7.35. The zero-order chi connectivity index (χ0) is 14.2. The van der Waals surface area contributed by atoms with Crippen LogP contribution < -0.4 is 16.0 Å². The largest absolute Gasteiger partial charge is 0.382 e. The molecule has 106 valence electrons. The average molecular weight is 282 g/mol. The van der Waals surface area contributed by atoms with E-state index in [4.69, 9.17) is 5.73 Å². The van der Waals surface area contributed by atoms with E-state index in [0.29, 0.717) is 16.1 Å². The van der Waals surface area contributed by atoms with Gasteiger partial charge in [-0.25, -0.2) is 4.98 Å². The lowest BCUT2D eigenvalue weighted by atomic mass is 9.92. The van der Waals surface area contributed by atoms with Crippen molar-refractivity contribution in [3.63, 3.8) is 0 Å². The van der Waals surface area contributed by atoms with Crippen LogP contribution in [0.3, 0.4) is 0 Å². The molecule has 1 aromatic rings. The van der Waals surface area contributed by atoms with Crippen molar-refractivity contribution in [1.82, 2.24) is 10.3 Å². The molecule has 1 aliphatic rings. The van der Waals surface area contributed by atoms with Gasteiger partial charge in [0, 0.05) is 20.1 Å². The van der Waals surface area contributed by atoms with Crippen molar-refractivity contribution in [2.75, 3.05) is 24.7 Å². The number of nitrogens with zero attached hydrogens (tertiary/aromatic N) is 2. The molecule has 1 fully saturated rings. The molecule has 1 aliphatic carbocycles. The normalized spacial score (nSPS) is 21.4. The first-order chi connectivity index (χ1) is 8.78. The van der Waals surface area contributed by atoms with E-state index in [0.717, 1.165) is 24.4 Å². The number of hydrogen-bond donors (Lipinski definition) is 2. The average Bonchev–Trinajstić information content (AvgIpc) is 2.82. The third-order valence-corrected chi connectivity index (χ3v) is 4.77. The first kappa shape index (κ1) is 14.1. The van der Waals surface area contributed by atoms with Gasteiger partial charge < -0.3 is 16.0 Å².